The number of aliphatic hydroxyl groups excluding tert-OH is 1. The molecule has 2 rings (SSSR count). The van der Waals surface area contributed by atoms with Crippen LogP contribution in [-0.2, 0) is 25.7 Å². The molecule has 10 heteroatoms. The topological polar surface area (TPSA) is 151 Å². The number of ether oxygens (including phenoxy) is 1. The number of amides is 4. The number of carbonyl (C=O) groups excluding carboxylic acids is 4. The fourth-order valence-electron chi connectivity index (χ4n) is 3.91. The molecule has 0 spiro atoms. The number of primary amides is 1. The predicted molar refractivity (Wildman–Crippen MR) is 143 cm³/mol. The summed E-state index contributed by atoms with van der Waals surface area (Å²) in [5, 5.41) is 15.1. The molecule has 0 fully saturated rings. The van der Waals surface area contributed by atoms with E-state index >= 15 is 0 Å². The second-order valence-corrected chi connectivity index (χ2v) is 10.1. The molecule has 2 atom stereocenters. The lowest BCUT2D eigenvalue weighted by atomic mass is 9.96. The van der Waals surface area contributed by atoms with Gasteiger partial charge in [0.05, 0.1) is 13.0 Å². The van der Waals surface area contributed by atoms with Crippen LogP contribution in [0.4, 0.5) is 4.79 Å². The number of hydrogen-bond acceptors (Lipinski definition) is 6. The highest BCUT2D eigenvalue weighted by atomic mass is 16.6. The first-order chi connectivity index (χ1) is 17.8. The first kappa shape index (κ1) is 30.3. The number of rotatable bonds is 11. The molecule has 0 aliphatic rings. The number of alkyl carbamates (subject to hydrolysis) is 1. The third-order valence-electron chi connectivity index (χ3n) is 5.62. The van der Waals surface area contributed by atoms with E-state index in [2.05, 4.69) is 10.6 Å². The van der Waals surface area contributed by atoms with Gasteiger partial charge in [-0.3, -0.25) is 14.4 Å². The number of nitrogens with one attached hydrogen (secondary N) is 2. The zero-order valence-electron chi connectivity index (χ0n) is 22.6. The van der Waals surface area contributed by atoms with Gasteiger partial charge >= 0.3 is 6.09 Å². The highest BCUT2D eigenvalue weighted by Gasteiger charge is 2.37. The number of benzene rings is 2. The Morgan fingerprint density at radius 1 is 1.05 bits per heavy atom. The lowest BCUT2D eigenvalue weighted by molar-refractivity contribution is -0.144. The summed E-state index contributed by atoms with van der Waals surface area (Å²) in [5.74, 6) is -2.08. The van der Waals surface area contributed by atoms with Crippen LogP contribution in [0.25, 0.3) is 0 Å². The number of aliphatic hydroxyl groups is 1. The molecule has 0 radical (unpaired) electrons. The Morgan fingerprint density at radius 3 is 2.29 bits per heavy atom. The van der Waals surface area contributed by atoms with Gasteiger partial charge in [-0.25, -0.2) is 4.79 Å². The molecule has 0 aliphatic heterocycles. The van der Waals surface area contributed by atoms with Crippen molar-refractivity contribution in [2.45, 2.75) is 65.3 Å². The van der Waals surface area contributed by atoms with Crippen LogP contribution in [0.5, 0.6) is 0 Å². The van der Waals surface area contributed by atoms with Crippen molar-refractivity contribution in [3.8, 4) is 0 Å². The molecule has 0 heterocycles. The van der Waals surface area contributed by atoms with Crippen molar-refractivity contribution < 1.29 is 29.0 Å². The van der Waals surface area contributed by atoms with Gasteiger partial charge in [-0.2, -0.15) is 0 Å². The molecule has 0 saturated heterocycles. The molecule has 2 unspecified atom stereocenters. The third kappa shape index (κ3) is 9.19. The molecular weight excluding hydrogens is 488 g/mol. The van der Waals surface area contributed by atoms with E-state index in [-0.39, 0.29) is 13.1 Å². The minimum absolute atomic E-state index is 0.211. The van der Waals surface area contributed by atoms with Gasteiger partial charge in [-0.05, 0) is 51.3 Å². The van der Waals surface area contributed by atoms with E-state index in [1.165, 1.54) is 0 Å². The molecular formula is C28H38N4O6. The van der Waals surface area contributed by atoms with Gasteiger partial charge in [0.25, 0.3) is 0 Å². The normalized spacial score (nSPS) is 12.7. The zero-order valence-corrected chi connectivity index (χ0v) is 22.6. The zero-order chi connectivity index (χ0) is 28.5. The third-order valence-corrected chi connectivity index (χ3v) is 5.62. The summed E-state index contributed by atoms with van der Waals surface area (Å²) in [6, 6.07) is 12.2. The summed E-state index contributed by atoms with van der Waals surface area (Å²) in [4.78, 5) is 52.9. The fraction of sp³-hybridized carbons (Fsp3) is 0.429. The average Bonchev–Trinajstić information content (AvgIpc) is 2.82. The minimum Gasteiger partial charge on any atom is -0.444 e. The SMILES string of the molecule is Cc1ccc(C)c(C(C(=O)NCc2ccccc2)N(CCO)C(=O)C(CC(N)=O)NC(=O)OC(C)(C)C)c1. The van der Waals surface area contributed by atoms with Crippen LogP contribution in [0.15, 0.2) is 48.5 Å². The Kier molecular flexibility index (Phi) is 10.8. The molecule has 4 amide bonds. The maximum Gasteiger partial charge on any atom is 0.408 e. The van der Waals surface area contributed by atoms with E-state index in [0.717, 1.165) is 21.6 Å². The van der Waals surface area contributed by atoms with Gasteiger partial charge in [0.2, 0.25) is 17.7 Å². The lowest BCUT2D eigenvalue weighted by Gasteiger charge is -2.34. The van der Waals surface area contributed by atoms with Crippen LogP contribution in [0, 0.1) is 13.8 Å². The van der Waals surface area contributed by atoms with E-state index in [1.807, 2.05) is 56.3 Å². The van der Waals surface area contributed by atoms with Gasteiger partial charge in [0.1, 0.15) is 17.7 Å². The van der Waals surface area contributed by atoms with Gasteiger partial charge in [-0.1, -0.05) is 54.1 Å². The van der Waals surface area contributed by atoms with Crippen LogP contribution in [0.3, 0.4) is 0 Å². The number of nitrogens with zero attached hydrogens (tertiary/aromatic N) is 1. The summed E-state index contributed by atoms with van der Waals surface area (Å²) in [6.45, 7) is 8.15. The van der Waals surface area contributed by atoms with E-state index in [9.17, 15) is 24.3 Å². The molecule has 206 valence electrons. The second kappa shape index (κ2) is 13.6. The summed E-state index contributed by atoms with van der Waals surface area (Å²) in [6.07, 6.45) is -1.44. The summed E-state index contributed by atoms with van der Waals surface area (Å²) in [5.41, 5.74) is 7.55. The minimum atomic E-state index is -1.41. The van der Waals surface area contributed by atoms with Crippen molar-refractivity contribution in [1.29, 1.82) is 0 Å². The van der Waals surface area contributed by atoms with Gasteiger partial charge < -0.3 is 31.1 Å². The molecule has 5 N–H and O–H groups in total. The van der Waals surface area contributed by atoms with E-state index < -0.39 is 54.5 Å². The van der Waals surface area contributed by atoms with Crippen molar-refractivity contribution in [3.05, 3.63) is 70.8 Å². The standard InChI is InChI=1S/C28H38N4O6/c1-18-11-12-19(2)21(15-18)24(25(35)30-17-20-9-7-6-8-10-20)32(13-14-33)26(36)22(16-23(29)34)31-27(37)38-28(3,4)5/h6-12,15,22,24,33H,13-14,16-17H2,1-5H3,(H2,29,34)(H,30,35)(H,31,37). The Bertz CT molecular complexity index is 1130. The van der Waals surface area contributed by atoms with E-state index in [0.29, 0.717) is 5.56 Å². The molecule has 0 aromatic heterocycles. The van der Waals surface area contributed by atoms with Crippen molar-refractivity contribution >= 4 is 23.8 Å². The first-order valence-corrected chi connectivity index (χ1v) is 12.4. The smallest absolute Gasteiger partial charge is 0.408 e. The van der Waals surface area contributed by atoms with E-state index in [4.69, 9.17) is 10.5 Å². The van der Waals surface area contributed by atoms with Gasteiger partial charge in [-0.15, -0.1) is 0 Å². The van der Waals surface area contributed by atoms with Crippen molar-refractivity contribution in [2.75, 3.05) is 13.2 Å². The average molecular weight is 527 g/mol. The number of carbonyl (C=O) groups is 4. The molecule has 0 saturated carbocycles. The lowest BCUT2D eigenvalue weighted by Crippen LogP contribution is -2.54. The molecule has 0 aliphatic carbocycles. The van der Waals surface area contributed by atoms with Crippen LogP contribution in [0.2, 0.25) is 0 Å². The van der Waals surface area contributed by atoms with Crippen LogP contribution < -0.4 is 16.4 Å². The van der Waals surface area contributed by atoms with Crippen molar-refractivity contribution in [2.24, 2.45) is 5.73 Å². The van der Waals surface area contributed by atoms with Crippen LogP contribution in [-0.4, -0.2) is 58.6 Å². The highest BCUT2D eigenvalue weighted by molar-refractivity contribution is 5.94. The Morgan fingerprint density at radius 2 is 1.71 bits per heavy atom. The summed E-state index contributed by atoms with van der Waals surface area (Å²) >= 11 is 0. The highest BCUT2D eigenvalue weighted by Crippen LogP contribution is 2.27. The Hall–Kier alpha value is -3.92. The van der Waals surface area contributed by atoms with Crippen molar-refractivity contribution in [1.82, 2.24) is 15.5 Å². The fourth-order valence-corrected chi connectivity index (χ4v) is 3.91. The second-order valence-electron chi connectivity index (χ2n) is 10.1. The number of aryl methyl sites for hydroxylation is 2. The monoisotopic (exact) mass is 526 g/mol. The van der Waals surface area contributed by atoms with Crippen LogP contribution >= 0.6 is 0 Å². The Balaban J connectivity index is 2.49. The maximum atomic E-state index is 13.8. The maximum absolute atomic E-state index is 13.8. The Labute approximate surface area is 223 Å². The largest absolute Gasteiger partial charge is 0.444 e. The number of nitrogens with two attached hydrogens (primary N) is 1. The first-order valence-electron chi connectivity index (χ1n) is 12.4. The predicted octanol–water partition coefficient (Wildman–Crippen LogP) is 2.25. The molecule has 10 nitrogen and oxygen atoms in total. The molecule has 0 bridgehead atoms. The van der Waals surface area contributed by atoms with Crippen LogP contribution in [0.1, 0.15) is 55.5 Å². The molecule has 2 aromatic rings. The number of hydrogen-bond donors (Lipinski definition) is 4. The molecule has 38 heavy (non-hydrogen) atoms. The molecule has 2 aromatic carbocycles. The van der Waals surface area contributed by atoms with Crippen molar-refractivity contribution in [3.63, 3.8) is 0 Å². The quantitative estimate of drug-likeness (QED) is 0.353. The van der Waals surface area contributed by atoms with Gasteiger partial charge in [0.15, 0.2) is 0 Å². The van der Waals surface area contributed by atoms with Gasteiger partial charge in [0, 0.05) is 13.1 Å². The summed E-state index contributed by atoms with van der Waals surface area (Å²) < 4.78 is 5.25. The van der Waals surface area contributed by atoms with E-state index in [1.54, 1.807) is 26.8 Å². The summed E-state index contributed by atoms with van der Waals surface area (Å²) in [7, 11) is 0.